The van der Waals surface area contributed by atoms with Crippen molar-refractivity contribution in [1.82, 2.24) is 10.3 Å². The number of carbonyl (C=O) groups excluding carboxylic acids is 1. The van der Waals surface area contributed by atoms with E-state index in [0.717, 1.165) is 36.8 Å². The fourth-order valence-corrected chi connectivity index (χ4v) is 4.03. The third-order valence-corrected chi connectivity index (χ3v) is 6.44. The normalized spacial score (nSPS) is 11.7. The molecule has 0 fully saturated rings. The lowest BCUT2D eigenvalue weighted by Crippen LogP contribution is -2.36. The number of thioether (sulfide) groups is 1. The highest BCUT2D eigenvalue weighted by molar-refractivity contribution is 8.00. The summed E-state index contributed by atoms with van der Waals surface area (Å²) in [7, 11) is 0. The summed E-state index contributed by atoms with van der Waals surface area (Å²) in [6, 6.07) is 0. The minimum absolute atomic E-state index is 0.0460. The Morgan fingerprint density at radius 1 is 1.43 bits per heavy atom. The van der Waals surface area contributed by atoms with Gasteiger partial charge >= 0.3 is 0 Å². The zero-order chi connectivity index (χ0) is 15.9. The lowest BCUT2D eigenvalue weighted by molar-refractivity contribution is -0.116. The Balaban J connectivity index is 2.58. The van der Waals surface area contributed by atoms with Gasteiger partial charge in [0.05, 0.1) is 5.69 Å². The summed E-state index contributed by atoms with van der Waals surface area (Å²) in [6.07, 6.45) is 4.50. The zero-order valence-corrected chi connectivity index (χ0v) is 15.4. The van der Waals surface area contributed by atoms with E-state index in [-0.39, 0.29) is 5.91 Å². The van der Waals surface area contributed by atoms with Gasteiger partial charge in [-0.25, -0.2) is 4.98 Å². The monoisotopic (exact) mass is 329 g/mol. The van der Waals surface area contributed by atoms with Gasteiger partial charge in [0.1, 0.15) is 0 Å². The molecule has 0 aliphatic carbocycles. The first-order chi connectivity index (χ1) is 10.0. The van der Waals surface area contributed by atoms with Crippen molar-refractivity contribution >= 4 is 34.1 Å². The summed E-state index contributed by atoms with van der Waals surface area (Å²) in [5.41, 5.74) is 1.01. The van der Waals surface area contributed by atoms with Gasteiger partial charge in [0.2, 0.25) is 5.91 Å². The van der Waals surface area contributed by atoms with E-state index in [1.807, 2.05) is 24.1 Å². The van der Waals surface area contributed by atoms with Crippen molar-refractivity contribution < 1.29 is 4.79 Å². The van der Waals surface area contributed by atoms with E-state index in [1.165, 1.54) is 11.3 Å². The van der Waals surface area contributed by atoms with E-state index >= 15 is 0 Å². The number of anilines is 1. The lowest BCUT2D eigenvalue weighted by Gasteiger charge is -2.29. The predicted molar refractivity (Wildman–Crippen MR) is 94.3 cm³/mol. The molecule has 1 heterocycles. The number of aromatic nitrogens is 1. The van der Waals surface area contributed by atoms with Crippen LogP contribution < -0.4 is 10.2 Å². The third-order valence-electron chi connectivity index (χ3n) is 3.94. The number of nitrogens with zero attached hydrogens (tertiary/aromatic N) is 2. The second kappa shape index (κ2) is 8.76. The van der Waals surface area contributed by atoms with Crippen molar-refractivity contribution in [3.8, 4) is 0 Å². The van der Waals surface area contributed by atoms with Crippen LogP contribution in [0.5, 0.6) is 0 Å². The number of rotatable bonds is 9. The molecule has 120 valence electrons. The van der Waals surface area contributed by atoms with Crippen molar-refractivity contribution in [2.24, 2.45) is 0 Å². The first-order valence-electron chi connectivity index (χ1n) is 7.50. The van der Waals surface area contributed by atoms with Gasteiger partial charge < -0.3 is 5.32 Å². The van der Waals surface area contributed by atoms with Crippen molar-refractivity contribution in [2.75, 3.05) is 24.2 Å². The number of carbonyl (C=O) groups is 1. The van der Waals surface area contributed by atoms with E-state index in [2.05, 4.69) is 30.4 Å². The average Bonchev–Trinajstić information content (AvgIpc) is 2.93. The summed E-state index contributed by atoms with van der Waals surface area (Å²) in [5.74, 6) is 0.0460. The Hall–Kier alpha value is -0.590. The summed E-state index contributed by atoms with van der Waals surface area (Å²) in [5, 5.41) is 6.34. The zero-order valence-electron chi connectivity index (χ0n) is 13.7. The van der Waals surface area contributed by atoms with Gasteiger partial charge in [-0.15, -0.1) is 11.3 Å². The van der Waals surface area contributed by atoms with Crippen LogP contribution in [0.3, 0.4) is 0 Å². The van der Waals surface area contributed by atoms with Gasteiger partial charge in [-0.1, -0.05) is 13.8 Å². The highest BCUT2D eigenvalue weighted by atomic mass is 32.2. The van der Waals surface area contributed by atoms with Crippen LogP contribution in [0.25, 0.3) is 0 Å². The van der Waals surface area contributed by atoms with Gasteiger partial charge in [-0.05, 0) is 26.0 Å². The molecule has 0 spiro atoms. The number of hydrogen-bond acceptors (Lipinski definition) is 5. The van der Waals surface area contributed by atoms with Gasteiger partial charge in [0.15, 0.2) is 5.13 Å². The summed E-state index contributed by atoms with van der Waals surface area (Å²) in [4.78, 5) is 17.8. The molecule has 0 saturated heterocycles. The van der Waals surface area contributed by atoms with Crippen molar-refractivity contribution in [2.45, 2.75) is 51.8 Å². The number of amides is 1. The van der Waals surface area contributed by atoms with E-state index in [0.29, 0.717) is 11.3 Å². The number of nitrogens with one attached hydrogen (secondary N) is 1. The van der Waals surface area contributed by atoms with Crippen LogP contribution in [0.1, 0.15) is 46.2 Å². The molecule has 21 heavy (non-hydrogen) atoms. The maximum Gasteiger partial charge on any atom is 0.225 e. The Labute approximate surface area is 136 Å². The first-order valence-corrected chi connectivity index (χ1v) is 9.60. The van der Waals surface area contributed by atoms with Gasteiger partial charge in [-0.3, -0.25) is 9.69 Å². The van der Waals surface area contributed by atoms with Crippen molar-refractivity contribution in [3.63, 3.8) is 0 Å². The van der Waals surface area contributed by atoms with E-state index < -0.39 is 0 Å². The molecule has 0 saturated carbocycles. The molecule has 0 aliphatic rings. The molecule has 0 atom stereocenters. The minimum Gasteiger partial charge on any atom is -0.310 e. The molecular weight excluding hydrogens is 302 g/mol. The largest absolute Gasteiger partial charge is 0.310 e. The molecule has 4 nitrogen and oxygen atoms in total. The summed E-state index contributed by atoms with van der Waals surface area (Å²) in [6.45, 7) is 10.4. The van der Waals surface area contributed by atoms with Crippen LogP contribution in [0.2, 0.25) is 0 Å². The molecule has 0 aliphatic heterocycles. The highest BCUT2D eigenvalue weighted by Gasteiger charge is 2.24. The molecule has 1 aromatic heterocycles. The molecule has 0 radical (unpaired) electrons. The fourth-order valence-electron chi connectivity index (χ4n) is 2.27. The van der Waals surface area contributed by atoms with E-state index in [9.17, 15) is 4.79 Å². The molecule has 1 rings (SSSR count). The topological polar surface area (TPSA) is 45.2 Å². The predicted octanol–water partition coefficient (Wildman–Crippen LogP) is 3.53. The van der Waals surface area contributed by atoms with Crippen molar-refractivity contribution in [3.05, 3.63) is 11.1 Å². The van der Waals surface area contributed by atoms with Gasteiger partial charge in [0.25, 0.3) is 0 Å². The van der Waals surface area contributed by atoms with E-state index in [4.69, 9.17) is 0 Å². The summed E-state index contributed by atoms with van der Waals surface area (Å²) < 4.78 is 0.313. The molecule has 1 aromatic rings. The standard InChI is InChI=1S/C15H27N3OS2/c1-6-15(7-2,20-5)11-16-9-13-10-21-14(17-13)18(8-3)12(4)19/h10,16H,6-9,11H2,1-5H3. The Morgan fingerprint density at radius 3 is 2.57 bits per heavy atom. The minimum atomic E-state index is 0.0460. The lowest BCUT2D eigenvalue weighted by atomic mass is 10.0. The van der Waals surface area contributed by atoms with Crippen LogP contribution in [0.15, 0.2) is 5.38 Å². The van der Waals surface area contributed by atoms with Crippen LogP contribution >= 0.6 is 23.1 Å². The van der Waals surface area contributed by atoms with Crippen LogP contribution in [0.4, 0.5) is 5.13 Å². The van der Waals surface area contributed by atoms with Crippen LogP contribution in [-0.2, 0) is 11.3 Å². The second-order valence-corrected chi connectivity index (χ2v) is 7.19. The maximum absolute atomic E-state index is 11.5. The SMILES string of the molecule is CCN(C(C)=O)c1nc(CNCC(CC)(CC)SC)cs1. The van der Waals surface area contributed by atoms with Crippen molar-refractivity contribution in [1.29, 1.82) is 0 Å². The molecule has 0 bridgehead atoms. The Bertz CT molecular complexity index is 436. The highest BCUT2D eigenvalue weighted by Crippen LogP contribution is 2.29. The fraction of sp³-hybridized carbons (Fsp3) is 0.733. The third kappa shape index (κ3) is 4.97. The molecule has 0 unspecified atom stereocenters. The molecule has 6 heteroatoms. The number of hydrogen-bond donors (Lipinski definition) is 1. The first kappa shape index (κ1) is 18.5. The second-order valence-electron chi connectivity index (χ2n) is 5.08. The smallest absolute Gasteiger partial charge is 0.225 e. The quantitative estimate of drug-likeness (QED) is 0.753. The van der Waals surface area contributed by atoms with Crippen LogP contribution in [0, 0.1) is 0 Å². The Morgan fingerprint density at radius 2 is 2.10 bits per heavy atom. The summed E-state index contributed by atoms with van der Waals surface area (Å²) >= 11 is 3.47. The molecule has 1 amide bonds. The number of thiazole rings is 1. The molecule has 0 aromatic carbocycles. The average molecular weight is 330 g/mol. The molecular formula is C15H27N3OS2. The molecule has 1 N–H and O–H groups in total. The Kier molecular flexibility index (Phi) is 7.70. The van der Waals surface area contributed by atoms with E-state index in [1.54, 1.807) is 11.8 Å². The van der Waals surface area contributed by atoms with Gasteiger partial charge in [-0.2, -0.15) is 11.8 Å². The van der Waals surface area contributed by atoms with Gasteiger partial charge in [0, 0.05) is 36.7 Å². The van der Waals surface area contributed by atoms with Crippen LogP contribution in [-0.4, -0.2) is 35.0 Å². The maximum atomic E-state index is 11.5.